The lowest BCUT2D eigenvalue weighted by molar-refractivity contribution is -0.385. The van der Waals surface area contributed by atoms with Crippen LogP contribution >= 0.6 is 23.2 Å². The topological polar surface area (TPSA) is 110 Å². The molecule has 24 heavy (non-hydrogen) atoms. The van der Waals surface area contributed by atoms with Gasteiger partial charge in [0.25, 0.3) is 5.69 Å². The van der Waals surface area contributed by atoms with E-state index in [1.54, 1.807) is 0 Å². The molecule has 2 rings (SSSR count). The molecular formula is C14H12Cl2F2N2O4. The van der Waals surface area contributed by atoms with Gasteiger partial charge in [0.15, 0.2) is 0 Å². The van der Waals surface area contributed by atoms with Crippen molar-refractivity contribution in [1.29, 1.82) is 0 Å². The first-order valence-electron chi connectivity index (χ1n) is 6.28. The van der Waals surface area contributed by atoms with E-state index in [2.05, 4.69) is 0 Å². The number of rotatable bonds is 3. The minimum atomic E-state index is -0.824. The van der Waals surface area contributed by atoms with Gasteiger partial charge in [-0.3, -0.25) is 10.1 Å². The van der Waals surface area contributed by atoms with Crippen molar-refractivity contribution in [3.05, 3.63) is 67.2 Å². The minimum Gasteiger partial charge on any atom is -0.399 e. The summed E-state index contributed by atoms with van der Waals surface area (Å²) in [5.41, 5.74) is 5.29. The lowest BCUT2D eigenvalue weighted by Gasteiger charge is -2.02. The molecule has 0 aliphatic carbocycles. The third-order valence-corrected chi connectivity index (χ3v) is 3.32. The van der Waals surface area contributed by atoms with Crippen molar-refractivity contribution in [2.75, 3.05) is 5.73 Å². The third-order valence-electron chi connectivity index (χ3n) is 2.77. The number of nitrogens with two attached hydrogens (primary N) is 1. The lowest BCUT2D eigenvalue weighted by Crippen LogP contribution is -1.95. The maximum atomic E-state index is 12.9. The van der Waals surface area contributed by atoms with E-state index in [-0.39, 0.29) is 26.9 Å². The quantitative estimate of drug-likeness (QED) is 0.429. The minimum absolute atomic E-state index is 0.0611. The van der Waals surface area contributed by atoms with E-state index in [0.717, 1.165) is 12.1 Å². The van der Waals surface area contributed by atoms with Gasteiger partial charge in [-0.1, -0.05) is 23.2 Å². The summed E-state index contributed by atoms with van der Waals surface area (Å²) in [7, 11) is 0. The molecule has 0 bridgehead atoms. The average Bonchev–Trinajstić information content (AvgIpc) is 2.53. The number of halogens is 4. The number of hydrogen-bond donors (Lipinski definition) is 3. The summed E-state index contributed by atoms with van der Waals surface area (Å²) in [6.45, 7) is -1.01. The Balaban J connectivity index is 0.000000243. The third kappa shape index (κ3) is 5.00. The number of hydrogen-bond acceptors (Lipinski definition) is 5. The summed E-state index contributed by atoms with van der Waals surface area (Å²) in [6, 6.07) is 4.49. The highest BCUT2D eigenvalue weighted by Crippen LogP contribution is 2.25. The summed E-state index contributed by atoms with van der Waals surface area (Å²) in [6.07, 6.45) is 0. The molecule has 4 N–H and O–H groups in total. The number of aliphatic hydroxyl groups excluding tert-OH is 2. The first-order valence-corrected chi connectivity index (χ1v) is 7.04. The van der Waals surface area contributed by atoms with Crippen molar-refractivity contribution in [3.63, 3.8) is 0 Å². The zero-order chi connectivity index (χ0) is 18.4. The molecule has 2 aromatic carbocycles. The summed E-state index contributed by atoms with van der Waals surface area (Å²) in [4.78, 5) is 9.57. The standard InChI is InChI=1S/C7H5ClFNO3.C7H7ClFNO/c8-6-2-5(10(12)13)1-4(3-11)7(6)9;8-6-2-5(10)1-4(3-11)7(6)9/h1-2,11H,3H2;1-2,11H,3,10H2. The van der Waals surface area contributed by atoms with Gasteiger partial charge in [0.05, 0.1) is 28.2 Å². The van der Waals surface area contributed by atoms with Crippen molar-refractivity contribution in [1.82, 2.24) is 0 Å². The van der Waals surface area contributed by atoms with Crippen LogP contribution in [0.2, 0.25) is 10.0 Å². The van der Waals surface area contributed by atoms with Crippen LogP contribution in [0.4, 0.5) is 20.2 Å². The largest absolute Gasteiger partial charge is 0.399 e. The number of aliphatic hydroxyl groups is 2. The molecule has 130 valence electrons. The van der Waals surface area contributed by atoms with Gasteiger partial charge in [-0.15, -0.1) is 0 Å². The predicted octanol–water partition coefficient (Wildman–Crippen LogP) is 3.43. The predicted molar refractivity (Wildman–Crippen MR) is 85.7 cm³/mol. The Morgan fingerprint density at radius 3 is 1.92 bits per heavy atom. The van der Waals surface area contributed by atoms with Crippen LogP contribution in [0.5, 0.6) is 0 Å². The molecule has 0 amide bonds. The Labute approximate surface area is 145 Å². The van der Waals surface area contributed by atoms with Crippen LogP contribution in [0.15, 0.2) is 24.3 Å². The average molecular weight is 381 g/mol. The molecule has 0 spiro atoms. The highest BCUT2D eigenvalue weighted by molar-refractivity contribution is 6.31. The van der Waals surface area contributed by atoms with Crippen molar-refractivity contribution in [3.8, 4) is 0 Å². The second-order valence-electron chi connectivity index (χ2n) is 4.45. The first-order chi connectivity index (χ1) is 11.2. The van der Waals surface area contributed by atoms with E-state index in [0.29, 0.717) is 5.69 Å². The number of non-ortho nitro benzene ring substituents is 1. The van der Waals surface area contributed by atoms with E-state index >= 15 is 0 Å². The molecule has 0 saturated carbocycles. The molecule has 0 aliphatic rings. The van der Waals surface area contributed by atoms with Crippen LogP contribution in [0.1, 0.15) is 11.1 Å². The molecule has 0 aromatic heterocycles. The van der Waals surface area contributed by atoms with Gasteiger partial charge in [0, 0.05) is 28.9 Å². The molecule has 0 heterocycles. The Morgan fingerprint density at radius 1 is 1.00 bits per heavy atom. The molecule has 0 unspecified atom stereocenters. The molecule has 0 saturated heterocycles. The van der Waals surface area contributed by atoms with E-state index in [9.17, 15) is 18.9 Å². The fraction of sp³-hybridized carbons (Fsp3) is 0.143. The van der Waals surface area contributed by atoms with E-state index in [1.165, 1.54) is 12.1 Å². The number of nitro groups is 1. The fourth-order valence-corrected chi connectivity index (χ4v) is 2.12. The maximum absolute atomic E-state index is 12.9. The van der Waals surface area contributed by atoms with E-state index in [1.807, 2.05) is 0 Å². The second-order valence-corrected chi connectivity index (χ2v) is 5.26. The van der Waals surface area contributed by atoms with Crippen molar-refractivity contribution in [2.24, 2.45) is 0 Å². The Hall–Kier alpha value is -2.00. The van der Waals surface area contributed by atoms with E-state index in [4.69, 9.17) is 39.1 Å². The van der Waals surface area contributed by atoms with Crippen LogP contribution < -0.4 is 5.73 Å². The summed E-state index contributed by atoms with van der Waals surface area (Å²) >= 11 is 10.8. The second kappa shape index (κ2) is 8.74. The van der Waals surface area contributed by atoms with Crippen molar-refractivity contribution >= 4 is 34.6 Å². The molecule has 6 nitrogen and oxygen atoms in total. The zero-order valence-corrected chi connectivity index (χ0v) is 13.5. The van der Waals surface area contributed by atoms with Gasteiger partial charge in [0.2, 0.25) is 0 Å². The fourth-order valence-electron chi connectivity index (χ4n) is 1.63. The monoisotopic (exact) mass is 380 g/mol. The summed E-state index contributed by atoms with van der Waals surface area (Å²) in [5.74, 6) is -1.43. The van der Waals surface area contributed by atoms with Gasteiger partial charge < -0.3 is 15.9 Å². The number of anilines is 1. The van der Waals surface area contributed by atoms with E-state index < -0.39 is 29.8 Å². The molecule has 0 fully saturated rings. The van der Waals surface area contributed by atoms with Gasteiger partial charge in [-0.05, 0) is 12.1 Å². The Morgan fingerprint density at radius 2 is 1.46 bits per heavy atom. The normalized spacial score (nSPS) is 10.1. The van der Waals surface area contributed by atoms with Crippen LogP contribution in [0.25, 0.3) is 0 Å². The highest BCUT2D eigenvalue weighted by Gasteiger charge is 2.14. The Kier molecular flexibility index (Phi) is 7.30. The van der Waals surface area contributed by atoms with Crippen molar-refractivity contribution in [2.45, 2.75) is 13.2 Å². The summed E-state index contributed by atoms with van der Waals surface area (Å²) < 4.78 is 25.8. The SMILES string of the molecule is Nc1cc(Cl)c(F)c(CO)c1.O=[N+]([O-])c1cc(Cl)c(F)c(CO)c1. The van der Waals surface area contributed by atoms with Gasteiger partial charge in [-0.25, -0.2) is 8.78 Å². The smallest absolute Gasteiger partial charge is 0.271 e. The molecule has 0 radical (unpaired) electrons. The molecule has 0 atom stereocenters. The zero-order valence-electron chi connectivity index (χ0n) is 12.0. The molecule has 0 aliphatic heterocycles. The molecule has 2 aromatic rings. The highest BCUT2D eigenvalue weighted by atomic mass is 35.5. The molecule has 10 heteroatoms. The van der Waals surface area contributed by atoms with Crippen LogP contribution in [-0.2, 0) is 13.2 Å². The first kappa shape index (κ1) is 20.0. The number of nitro benzene ring substituents is 1. The van der Waals surface area contributed by atoms with Crippen LogP contribution in [0.3, 0.4) is 0 Å². The Bertz CT molecular complexity index is 760. The van der Waals surface area contributed by atoms with Crippen LogP contribution in [0, 0.1) is 21.7 Å². The van der Waals surface area contributed by atoms with Gasteiger partial charge >= 0.3 is 0 Å². The maximum Gasteiger partial charge on any atom is 0.271 e. The number of nitrogens with zero attached hydrogens (tertiary/aromatic N) is 1. The van der Waals surface area contributed by atoms with Gasteiger partial charge in [0.1, 0.15) is 11.6 Å². The number of nitrogen functional groups attached to an aromatic ring is 1. The molecular weight excluding hydrogens is 369 g/mol. The van der Waals surface area contributed by atoms with Gasteiger partial charge in [-0.2, -0.15) is 0 Å². The summed E-state index contributed by atoms with van der Waals surface area (Å²) in [5, 5.41) is 27.1. The van der Waals surface area contributed by atoms with Crippen LogP contribution in [-0.4, -0.2) is 15.1 Å². The lowest BCUT2D eigenvalue weighted by atomic mass is 10.2. The number of benzene rings is 2. The van der Waals surface area contributed by atoms with Crippen molar-refractivity contribution < 1.29 is 23.9 Å².